The van der Waals surface area contributed by atoms with E-state index in [4.69, 9.17) is 4.42 Å². The summed E-state index contributed by atoms with van der Waals surface area (Å²) in [4.78, 5) is 0. The van der Waals surface area contributed by atoms with Crippen molar-refractivity contribution in [2.24, 2.45) is 0 Å². The van der Waals surface area contributed by atoms with E-state index in [9.17, 15) is 0 Å². The minimum absolute atomic E-state index is 0.929. The molecule has 0 saturated carbocycles. The number of fused-ring (bicyclic) bond motifs is 6. The van der Waals surface area contributed by atoms with Crippen molar-refractivity contribution < 1.29 is 4.42 Å². The fourth-order valence-corrected chi connectivity index (χ4v) is 6.00. The number of aryl methyl sites for hydroxylation is 1. The summed E-state index contributed by atoms with van der Waals surface area (Å²) in [6.45, 7) is 2.12. The van der Waals surface area contributed by atoms with Gasteiger partial charge < -0.3 is 8.98 Å². The summed E-state index contributed by atoms with van der Waals surface area (Å²) < 4.78 is 9.07. The van der Waals surface area contributed by atoms with Crippen LogP contribution in [0.4, 0.5) is 0 Å². The molecule has 0 saturated heterocycles. The lowest BCUT2D eigenvalue weighted by Crippen LogP contribution is -1.92. The van der Waals surface area contributed by atoms with Crippen molar-refractivity contribution in [3.05, 3.63) is 139 Å². The van der Waals surface area contributed by atoms with Gasteiger partial charge in [0.15, 0.2) is 0 Å². The Kier molecular flexibility index (Phi) is 4.77. The zero-order valence-electron chi connectivity index (χ0n) is 21.6. The number of furan rings is 1. The van der Waals surface area contributed by atoms with Gasteiger partial charge in [-0.25, -0.2) is 0 Å². The smallest absolute Gasteiger partial charge is 0.143 e. The van der Waals surface area contributed by atoms with E-state index in [2.05, 4.69) is 145 Å². The largest absolute Gasteiger partial charge is 0.455 e. The number of aromatic nitrogens is 1. The van der Waals surface area contributed by atoms with Crippen molar-refractivity contribution in [3.63, 3.8) is 0 Å². The van der Waals surface area contributed by atoms with Crippen molar-refractivity contribution in [3.8, 4) is 27.9 Å². The third-order valence-electron chi connectivity index (χ3n) is 7.88. The van der Waals surface area contributed by atoms with Gasteiger partial charge in [0.1, 0.15) is 11.2 Å². The molecule has 0 amide bonds. The van der Waals surface area contributed by atoms with Crippen LogP contribution in [0.1, 0.15) is 5.56 Å². The van der Waals surface area contributed by atoms with Gasteiger partial charge in [-0.1, -0.05) is 109 Å². The lowest BCUT2D eigenvalue weighted by molar-refractivity contribution is 0.671. The second kappa shape index (κ2) is 8.47. The first kappa shape index (κ1) is 22.0. The summed E-state index contributed by atoms with van der Waals surface area (Å²) in [7, 11) is 0. The third kappa shape index (κ3) is 3.35. The van der Waals surface area contributed by atoms with Crippen molar-refractivity contribution in [2.75, 3.05) is 0 Å². The maximum atomic E-state index is 6.72. The Bertz CT molecular complexity index is 2160. The molecule has 6 aromatic carbocycles. The van der Waals surface area contributed by atoms with E-state index in [0.29, 0.717) is 0 Å². The molecule has 8 rings (SSSR count). The molecular formula is C37H25NO. The molecule has 8 aromatic rings. The van der Waals surface area contributed by atoms with Crippen LogP contribution in [0.25, 0.3) is 71.7 Å². The van der Waals surface area contributed by atoms with Gasteiger partial charge in [-0.3, -0.25) is 0 Å². The normalized spacial score (nSPS) is 11.7. The first-order chi connectivity index (χ1) is 19.3. The maximum absolute atomic E-state index is 6.72. The van der Waals surface area contributed by atoms with Crippen LogP contribution in [-0.2, 0) is 0 Å². The lowest BCUT2D eigenvalue weighted by Gasteiger charge is -2.08. The van der Waals surface area contributed by atoms with Crippen LogP contribution in [0.15, 0.2) is 138 Å². The molecule has 2 heterocycles. The predicted molar refractivity (Wildman–Crippen MR) is 164 cm³/mol. The van der Waals surface area contributed by atoms with Crippen LogP contribution >= 0.6 is 0 Å². The Labute approximate surface area is 226 Å². The predicted octanol–water partition coefficient (Wildman–Crippen LogP) is 10.3. The molecule has 0 bridgehead atoms. The van der Waals surface area contributed by atoms with Crippen LogP contribution in [-0.4, -0.2) is 4.57 Å². The van der Waals surface area contributed by atoms with Gasteiger partial charge in [0.2, 0.25) is 0 Å². The molecule has 39 heavy (non-hydrogen) atoms. The fraction of sp³-hybridized carbons (Fsp3) is 0.0270. The molecule has 0 aliphatic carbocycles. The summed E-state index contributed by atoms with van der Waals surface area (Å²) in [6.07, 6.45) is 0. The Morgan fingerprint density at radius 3 is 1.79 bits per heavy atom. The number of para-hydroxylation sites is 4. The molecule has 0 aliphatic heterocycles. The molecule has 2 aromatic heterocycles. The third-order valence-corrected chi connectivity index (χ3v) is 7.88. The SMILES string of the molecule is Cc1ccc(-c2cccc3c2oc2c(-c4ccc5c(c4)c4ccccc4n5-c4ccccc4)cccc23)cc1. The minimum atomic E-state index is 0.929. The quantitative estimate of drug-likeness (QED) is 0.236. The van der Waals surface area contributed by atoms with E-state index in [1.807, 2.05) is 0 Å². The topological polar surface area (TPSA) is 18.1 Å². The maximum Gasteiger partial charge on any atom is 0.143 e. The van der Waals surface area contributed by atoms with Gasteiger partial charge >= 0.3 is 0 Å². The summed E-state index contributed by atoms with van der Waals surface area (Å²) in [6, 6.07) is 47.6. The van der Waals surface area contributed by atoms with E-state index < -0.39 is 0 Å². The highest BCUT2D eigenvalue weighted by Gasteiger charge is 2.17. The Hall–Kier alpha value is -5.08. The Morgan fingerprint density at radius 1 is 0.462 bits per heavy atom. The molecule has 0 fully saturated rings. The van der Waals surface area contributed by atoms with Crippen molar-refractivity contribution >= 4 is 43.7 Å². The molecule has 0 N–H and O–H groups in total. The van der Waals surface area contributed by atoms with E-state index >= 15 is 0 Å². The van der Waals surface area contributed by atoms with Gasteiger partial charge in [-0.2, -0.15) is 0 Å². The Balaban J connectivity index is 1.37. The monoisotopic (exact) mass is 499 g/mol. The summed E-state index contributed by atoms with van der Waals surface area (Å²) in [5.74, 6) is 0. The molecule has 0 spiro atoms. The average molecular weight is 500 g/mol. The molecule has 0 atom stereocenters. The van der Waals surface area contributed by atoms with Crippen LogP contribution in [0, 0.1) is 6.92 Å². The van der Waals surface area contributed by atoms with Crippen LogP contribution < -0.4 is 0 Å². The minimum Gasteiger partial charge on any atom is -0.455 e. The van der Waals surface area contributed by atoms with Crippen molar-refractivity contribution in [1.29, 1.82) is 0 Å². The van der Waals surface area contributed by atoms with Gasteiger partial charge in [-0.05, 0) is 48.4 Å². The summed E-state index contributed by atoms with van der Waals surface area (Å²) in [5.41, 5.74) is 11.2. The second-order valence-corrected chi connectivity index (χ2v) is 10.3. The second-order valence-electron chi connectivity index (χ2n) is 10.3. The first-order valence-corrected chi connectivity index (χ1v) is 13.4. The Morgan fingerprint density at radius 2 is 1.05 bits per heavy atom. The average Bonchev–Trinajstić information content (AvgIpc) is 3.54. The highest BCUT2D eigenvalue weighted by Crippen LogP contribution is 2.41. The van der Waals surface area contributed by atoms with E-state index in [1.165, 1.54) is 38.6 Å². The van der Waals surface area contributed by atoms with Crippen LogP contribution in [0.3, 0.4) is 0 Å². The number of nitrogens with zero attached hydrogens (tertiary/aromatic N) is 1. The molecule has 0 aliphatic rings. The van der Waals surface area contributed by atoms with Gasteiger partial charge in [0.05, 0.1) is 11.0 Å². The lowest BCUT2D eigenvalue weighted by atomic mass is 9.99. The van der Waals surface area contributed by atoms with Crippen LogP contribution in [0.5, 0.6) is 0 Å². The zero-order valence-corrected chi connectivity index (χ0v) is 21.6. The molecule has 2 heteroatoms. The van der Waals surface area contributed by atoms with E-state index in [1.54, 1.807) is 0 Å². The molecule has 0 unspecified atom stereocenters. The number of rotatable bonds is 3. The van der Waals surface area contributed by atoms with Gasteiger partial charge in [-0.15, -0.1) is 0 Å². The zero-order chi connectivity index (χ0) is 25.9. The fourth-order valence-electron chi connectivity index (χ4n) is 6.00. The van der Waals surface area contributed by atoms with Crippen molar-refractivity contribution in [1.82, 2.24) is 4.57 Å². The number of hydrogen-bond donors (Lipinski definition) is 0. The molecular weight excluding hydrogens is 474 g/mol. The van der Waals surface area contributed by atoms with Crippen molar-refractivity contribution in [2.45, 2.75) is 6.92 Å². The standard InChI is InChI=1S/C37H25NO/c1-24-17-19-25(20-18-24)28-12-7-14-31-32-15-8-13-29(37(32)39-36(28)31)26-21-22-35-33(23-26)30-11-5-6-16-34(30)38(35)27-9-3-2-4-10-27/h2-23H,1H3. The van der Waals surface area contributed by atoms with Gasteiger partial charge in [0.25, 0.3) is 0 Å². The number of benzene rings is 6. The highest BCUT2D eigenvalue weighted by molar-refractivity contribution is 6.15. The van der Waals surface area contributed by atoms with Gasteiger partial charge in [0, 0.05) is 38.4 Å². The van der Waals surface area contributed by atoms with E-state index in [0.717, 1.165) is 38.6 Å². The number of hydrogen-bond acceptors (Lipinski definition) is 1. The molecule has 0 radical (unpaired) electrons. The van der Waals surface area contributed by atoms with Crippen LogP contribution in [0.2, 0.25) is 0 Å². The first-order valence-electron chi connectivity index (χ1n) is 13.4. The molecule has 184 valence electrons. The van der Waals surface area contributed by atoms with E-state index in [-0.39, 0.29) is 0 Å². The summed E-state index contributed by atoms with van der Waals surface area (Å²) in [5, 5.41) is 4.77. The molecule has 2 nitrogen and oxygen atoms in total. The highest BCUT2D eigenvalue weighted by atomic mass is 16.3. The summed E-state index contributed by atoms with van der Waals surface area (Å²) >= 11 is 0.